The highest BCUT2D eigenvalue weighted by molar-refractivity contribution is 7.88. The van der Waals surface area contributed by atoms with Gasteiger partial charge in [0.25, 0.3) is 0 Å². The maximum absolute atomic E-state index is 12.9. The van der Waals surface area contributed by atoms with Crippen molar-refractivity contribution >= 4 is 33.2 Å². The second-order valence-corrected chi connectivity index (χ2v) is 9.13. The molecule has 0 aromatic carbocycles. The maximum atomic E-state index is 12.9. The average molecular weight is 387 g/mol. The van der Waals surface area contributed by atoms with Crippen LogP contribution in [0.25, 0.3) is 0 Å². The smallest absolute Gasteiger partial charge is 0.249 e. The van der Waals surface area contributed by atoms with Gasteiger partial charge in [0.05, 0.1) is 19.4 Å². The van der Waals surface area contributed by atoms with E-state index in [2.05, 4.69) is 0 Å². The van der Waals surface area contributed by atoms with Gasteiger partial charge in [0, 0.05) is 31.1 Å². The maximum Gasteiger partial charge on any atom is 0.249 e. The standard InChI is InChI=1S/C15H21N3O5S2/c1-25(21,22)17-6-4-16(5-7-17)15(20)13-10-23-11-14(19)18(13)9-12-3-2-8-24-12/h2-3,8,13H,4-7,9-11H2,1H3/t13-/m0/s1. The van der Waals surface area contributed by atoms with Crippen LogP contribution in [0.1, 0.15) is 4.88 Å². The minimum absolute atomic E-state index is 0.0169. The molecule has 1 aromatic rings. The van der Waals surface area contributed by atoms with Crippen molar-refractivity contribution in [3.63, 3.8) is 0 Å². The molecule has 0 aliphatic carbocycles. The van der Waals surface area contributed by atoms with Crippen LogP contribution in [0.15, 0.2) is 17.5 Å². The van der Waals surface area contributed by atoms with Crippen molar-refractivity contribution in [2.45, 2.75) is 12.6 Å². The summed E-state index contributed by atoms with van der Waals surface area (Å²) in [6, 6.07) is 3.18. The van der Waals surface area contributed by atoms with Gasteiger partial charge in [-0.2, -0.15) is 4.31 Å². The molecule has 0 radical (unpaired) electrons. The molecule has 1 atom stereocenters. The van der Waals surface area contributed by atoms with Crippen LogP contribution in [0.2, 0.25) is 0 Å². The van der Waals surface area contributed by atoms with Crippen molar-refractivity contribution in [1.82, 2.24) is 14.1 Å². The number of hydrogen-bond acceptors (Lipinski definition) is 6. The van der Waals surface area contributed by atoms with E-state index in [1.165, 1.54) is 21.9 Å². The van der Waals surface area contributed by atoms with Gasteiger partial charge < -0.3 is 14.5 Å². The first-order chi connectivity index (χ1) is 11.9. The lowest BCUT2D eigenvalue weighted by molar-refractivity contribution is -0.160. The third-order valence-electron chi connectivity index (χ3n) is 4.41. The summed E-state index contributed by atoms with van der Waals surface area (Å²) < 4.78 is 29.8. The molecule has 0 spiro atoms. The van der Waals surface area contributed by atoms with Gasteiger partial charge in [-0.25, -0.2) is 8.42 Å². The second-order valence-electron chi connectivity index (χ2n) is 6.12. The van der Waals surface area contributed by atoms with Gasteiger partial charge in [-0.3, -0.25) is 9.59 Å². The number of ether oxygens (including phenoxy) is 1. The Morgan fingerprint density at radius 3 is 2.64 bits per heavy atom. The Bertz CT molecular complexity index is 726. The Kier molecular flexibility index (Phi) is 5.42. The van der Waals surface area contributed by atoms with Gasteiger partial charge in [-0.05, 0) is 11.4 Å². The molecule has 2 saturated heterocycles. The largest absolute Gasteiger partial charge is 0.369 e. The fraction of sp³-hybridized carbons (Fsp3) is 0.600. The zero-order chi connectivity index (χ0) is 18.0. The lowest BCUT2D eigenvalue weighted by Gasteiger charge is -2.39. The van der Waals surface area contributed by atoms with Gasteiger partial charge in [-0.1, -0.05) is 6.07 Å². The number of rotatable bonds is 4. The molecule has 0 bridgehead atoms. The van der Waals surface area contributed by atoms with E-state index in [0.717, 1.165) is 4.88 Å². The first-order valence-electron chi connectivity index (χ1n) is 8.00. The Hall–Kier alpha value is -1.49. The van der Waals surface area contributed by atoms with Crippen LogP contribution in [0.4, 0.5) is 0 Å². The third kappa shape index (κ3) is 4.20. The van der Waals surface area contributed by atoms with Crippen molar-refractivity contribution in [2.24, 2.45) is 0 Å². The highest BCUT2D eigenvalue weighted by Crippen LogP contribution is 2.19. The SMILES string of the molecule is CS(=O)(=O)N1CCN(C(=O)[C@@H]2COCC(=O)N2Cc2cccs2)CC1. The first-order valence-corrected chi connectivity index (χ1v) is 10.7. The number of morpholine rings is 1. The number of thiophene rings is 1. The van der Waals surface area contributed by atoms with Crippen LogP contribution < -0.4 is 0 Å². The highest BCUT2D eigenvalue weighted by Gasteiger charge is 2.38. The van der Waals surface area contributed by atoms with Crippen molar-refractivity contribution in [2.75, 3.05) is 45.6 Å². The van der Waals surface area contributed by atoms with Gasteiger partial charge in [0.1, 0.15) is 12.6 Å². The predicted molar refractivity (Wildman–Crippen MR) is 92.5 cm³/mol. The van der Waals surface area contributed by atoms with E-state index >= 15 is 0 Å². The molecule has 2 aliphatic rings. The molecular weight excluding hydrogens is 366 g/mol. The Balaban J connectivity index is 1.68. The van der Waals surface area contributed by atoms with E-state index in [9.17, 15) is 18.0 Å². The van der Waals surface area contributed by atoms with Crippen LogP contribution in [-0.4, -0.2) is 86.0 Å². The second kappa shape index (κ2) is 7.40. The minimum Gasteiger partial charge on any atom is -0.369 e. The molecule has 2 aliphatic heterocycles. The van der Waals surface area contributed by atoms with E-state index in [4.69, 9.17) is 4.74 Å². The van der Waals surface area contributed by atoms with E-state index in [1.54, 1.807) is 9.80 Å². The fourth-order valence-electron chi connectivity index (χ4n) is 3.03. The average Bonchev–Trinajstić information content (AvgIpc) is 3.08. The molecule has 138 valence electrons. The number of nitrogens with zero attached hydrogens (tertiary/aromatic N) is 3. The van der Waals surface area contributed by atoms with Crippen LogP contribution in [0, 0.1) is 0 Å². The molecule has 3 rings (SSSR count). The third-order valence-corrected chi connectivity index (χ3v) is 6.57. The number of hydrogen-bond donors (Lipinski definition) is 0. The van der Waals surface area contributed by atoms with Crippen LogP contribution >= 0.6 is 11.3 Å². The molecule has 0 saturated carbocycles. The Morgan fingerprint density at radius 1 is 1.32 bits per heavy atom. The normalized spacial score (nSPS) is 23.1. The van der Waals surface area contributed by atoms with Crippen molar-refractivity contribution < 1.29 is 22.7 Å². The van der Waals surface area contributed by atoms with Crippen LogP contribution in [0.5, 0.6) is 0 Å². The molecule has 1 aromatic heterocycles. The summed E-state index contributed by atoms with van der Waals surface area (Å²) in [6.45, 7) is 1.74. The molecule has 8 nitrogen and oxygen atoms in total. The quantitative estimate of drug-likeness (QED) is 0.700. The Labute approximate surface area is 151 Å². The number of carbonyl (C=O) groups is 2. The van der Waals surface area contributed by atoms with Gasteiger partial charge in [-0.15, -0.1) is 11.3 Å². The molecule has 2 fully saturated rings. The molecule has 3 heterocycles. The summed E-state index contributed by atoms with van der Waals surface area (Å²) >= 11 is 1.54. The zero-order valence-electron chi connectivity index (χ0n) is 14.0. The zero-order valence-corrected chi connectivity index (χ0v) is 15.6. The number of piperazine rings is 1. The lowest BCUT2D eigenvalue weighted by Crippen LogP contribution is -2.59. The molecule has 2 amide bonds. The predicted octanol–water partition coefficient (Wildman–Crippen LogP) is -0.421. The number of carbonyl (C=O) groups excluding carboxylic acids is 2. The van der Waals surface area contributed by atoms with Crippen molar-refractivity contribution in [1.29, 1.82) is 0 Å². The molecule has 0 unspecified atom stereocenters. The summed E-state index contributed by atoms with van der Waals surface area (Å²) in [5, 5.41) is 1.93. The molecule has 0 N–H and O–H groups in total. The Morgan fingerprint density at radius 2 is 2.04 bits per heavy atom. The topological polar surface area (TPSA) is 87.2 Å². The first kappa shape index (κ1) is 18.3. The summed E-state index contributed by atoms with van der Waals surface area (Å²) in [5.41, 5.74) is 0. The van der Waals surface area contributed by atoms with Gasteiger partial charge >= 0.3 is 0 Å². The number of amides is 2. The van der Waals surface area contributed by atoms with Crippen LogP contribution in [-0.2, 0) is 30.9 Å². The molecule has 10 heteroatoms. The van der Waals surface area contributed by atoms with Gasteiger partial charge in [0.15, 0.2) is 0 Å². The fourth-order valence-corrected chi connectivity index (χ4v) is 4.56. The van der Waals surface area contributed by atoms with E-state index in [-0.39, 0.29) is 38.1 Å². The number of sulfonamides is 1. The lowest BCUT2D eigenvalue weighted by atomic mass is 10.1. The summed E-state index contributed by atoms with van der Waals surface area (Å²) in [6.07, 6.45) is 1.17. The van der Waals surface area contributed by atoms with Crippen molar-refractivity contribution in [3.05, 3.63) is 22.4 Å². The van der Waals surface area contributed by atoms with E-state index < -0.39 is 16.1 Å². The molecule has 25 heavy (non-hydrogen) atoms. The van der Waals surface area contributed by atoms with Crippen LogP contribution in [0.3, 0.4) is 0 Å². The highest BCUT2D eigenvalue weighted by atomic mass is 32.2. The minimum atomic E-state index is -3.25. The molecular formula is C15H21N3O5S2. The van der Waals surface area contributed by atoms with E-state index in [0.29, 0.717) is 19.6 Å². The van der Waals surface area contributed by atoms with Gasteiger partial charge in [0.2, 0.25) is 21.8 Å². The van der Waals surface area contributed by atoms with Crippen molar-refractivity contribution in [3.8, 4) is 0 Å². The summed E-state index contributed by atoms with van der Waals surface area (Å²) in [5.74, 6) is -0.384. The monoisotopic (exact) mass is 387 g/mol. The summed E-state index contributed by atoms with van der Waals surface area (Å²) in [4.78, 5) is 29.3. The van der Waals surface area contributed by atoms with E-state index in [1.807, 2.05) is 17.5 Å². The summed E-state index contributed by atoms with van der Waals surface area (Å²) in [7, 11) is -3.25.